The Morgan fingerprint density at radius 2 is 0.880 bits per heavy atom. The summed E-state index contributed by atoms with van der Waals surface area (Å²) in [6.07, 6.45) is 18.6. The van der Waals surface area contributed by atoms with E-state index in [1.807, 2.05) is 0 Å². The second-order valence-electron chi connectivity index (χ2n) is 7.72. The molecule has 0 N–H and O–H groups in total. The summed E-state index contributed by atoms with van der Waals surface area (Å²) in [7, 11) is -0.549. The molecule has 0 fully saturated rings. The van der Waals surface area contributed by atoms with Gasteiger partial charge in [0.05, 0.1) is 27.2 Å². The van der Waals surface area contributed by atoms with Crippen LogP contribution in [0.25, 0.3) is 0 Å². The van der Waals surface area contributed by atoms with Crippen LogP contribution < -0.4 is 14.7 Å². The maximum Gasteiger partial charge on any atom is 1.00 e. The van der Waals surface area contributed by atoms with E-state index in [1.54, 1.807) is 0 Å². The number of quaternary nitrogens is 1. The lowest BCUT2D eigenvalue weighted by molar-refractivity contribution is -0.890. The molecule has 0 aliphatic heterocycles. The van der Waals surface area contributed by atoms with Crippen LogP contribution in [0.15, 0.2) is 0 Å². The van der Waals surface area contributed by atoms with E-state index >= 15 is 0 Å². The van der Waals surface area contributed by atoms with Crippen LogP contribution in [0.4, 0.5) is 0 Å². The molecule has 6 heteroatoms. The number of phosphoric acid groups is 1. The average Bonchev–Trinajstić information content (AvgIpc) is 2.48. The van der Waals surface area contributed by atoms with E-state index in [1.165, 1.54) is 101 Å². The molecule has 154 valence electrons. The third-order valence-corrected chi connectivity index (χ3v) is 4.48. The number of hydrogen-bond acceptors (Lipinski definition) is 4. The molecule has 0 unspecified atom stereocenters. The van der Waals surface area contributed by atoms with Crippen molar-refractivity contribution in [1.82, 2.24) is 0 Å². The van der Waals surface area contributed by atoms with Gasteiger partial charge in [0, 0.05) is 0 Å². The smallest absolute Gasteiger partial charge is 0.822 e. The maximum absolute atomic E-state index is 8.55. The van der Waals surface area contributed by atoms with E-state index in [-0.39, 0.29) is 2.85 Å². The first kappa shape index (κ1) is 27.3. The number of unbranched alkanes of at least 4 members (excludes halogenated alkanes) is 11. The number of nitrogens with zero attached hydrogens (tertiary/aromatic N) is 1. The minimum atomic E-state index is -5.39. The molecule has 0 spiro atoms. The lowest BCUT2D eigenvalue weighted by Gasteiger charge is -2.36. The zero-order valence-corrected chi connectivity index (χ0v) is 18.0. The monoisotopic (exact) mass is 381 g/mol. The largest absolute Gasteiger partial charge is 1.00 e. The normalized spacial score (nSPS) is 12.0. The molecule has 5 nitrogen and oxygen atoms in total. The first-order valence-electron chi connectivity index (χ1n) is 10.2. The van der Waals surface area contributed by atoms with Gasteiger partial charge in [0.25, 0.3) is 0 Å². The van der Waals surface area contributed by atoms with Gasteiger partial charge in [-0.15, -0.1) is 0 Å². The van der Waals surface area contributed by atoms with Gasteiger partial charge in [-0.05, 0) is 25.7 Å². The third kappa shape index (κ3) is 32.2. The van der Waals surface area contributed by atoms with Crippen LogP contribution in [-0.4, -0.2) is 31.7 Å². The summed E-state index contributed by atoms with van der Waals surface area (Å²) in [5.41, 5.74) is 0. The summed E-state index contributed by atoms with van der Waals surface area (Å²) in [6.45, 7) is 7.34. The molecule has 0 aromatic rings. The Morgan fingerprint density at radius 1 is 0.640 bits per heavy atom. The van der Waals surface area contributed by atoms with Crippen LogP contribution in [0.1, 0.15) is 100 Å². The molecular weight excluding hydrogens is 337 g/mol. The highest BCUT2D eigenvalue weighted by Crippen LogP contribution is 2.11. The summed E-state index contributed by atoms with van der Waals surface area (Å²) < 4.78 is 9.79. The Balaban J connectivity index is -0.000000333. The van der Waals surface area contributed by atoms with Crippen molar-refractivity contribution in [1.29, 1.82) is 0 Å². The zero-order chi connectivity index (χ0) is 19.6. The molecule has 0 aromatic carbocycles. The maximum atomic E-state index is 8.55. The standard InChI is InChI=1S/C19H42N.H3O4P/c1-5-7-9-11-13-15-17-19-20(3,4)18-16-14-12-10-8-6-2;1-5(2,3)4/h5-19H2,1-4H3;(H3,1,2,3,4)/q+1;/p-1. The van der Waals surface area contributed by atoms with Gasteiger partial charge in [0.15, 0.2) is 0 Å². The fourth-order valence-corrected chi connectivity index (χ4v) is 2.93. The van der Waals surface area contributed by atoms with E-state index in [9.17, 15) is 0 Å². The predicted octanol–water partition coefficient (Wildman–Crippen LogP) is 3.57. The fraction of sp³-hybridized carbons (Fsp3) is 1.00. The summed E-state index contributed by atoms with van der Waals surface area (Å²) in [6, 6.07) is 0. The highest BCUT2D eigenvalue weighted by Gasteiger charge is 2.13. The molecule has 0 rings (SSSR count). The first-order chi connectivity index (χ1) is 11.6. The van der Waals surface area contributed by atoms with Crippen LogP contribution in [0, 0.1) is 0 Å². The number of rotatable bonds is 15. The molecule has 0 amide bonds. The summed E-state index contributed by atoms with van der Waals surface area (Å²) in [5, 5.41) is 0. The molecule has 25 heavy (non-hydrogen) atoms. The summed E-state index contributed by atoms with van der Waals surface area (Å²) in [4.78, 5) is 25.6. The van der Waals surface area contributed by atoms with Crippen LogP contribution >= 0.6 is 7.82 Å². The second kappa shape index (κ2) is 17.5. The Hall–Kier alpha value is 0.0700. The minimum absolute atomic E-state index is 0. The highest BCUT2D eigenvalue weighted by atomic mass is 31.2. The van der Waals surface area contributed by atoms with Crippen LogP contribution in [0.2, 0.25) is 0 Å². The third-order valence-electron chi connectivity index (χ3n) is 4.48. The SMILES string of the molecule is CCCCCCCCC[N+](C)(C)CCCCCCCC.O=P([O-])([O-])[O-].[H+].[H+]. The lowest BCUT2D eigenvalue weighted by Crippen LogP contribution is -2.41. The van der Waals surface area contributed by atoms with Gasteiger partial charge in [-0.2, -0.15) is 7.82 Å². The molecule has 0 radical (unpaired) electrons. The predicted molar refractivity (Wildman–Crippen MR) is 103 cm³/mol. The topological polar surface area (TPSA) is 86.2 Å². The van der Waals surface area contributed by atoms with Gasteiger partial charge < -0.3 is 23.7 Å². The summed E-state index contributed by atoms with van der Waals surface area (Å²) >= 11 is 0. The van der Waals surface area contributed by atoms with Crippen molar-refractivity contribution < 1.29 is 26.6 Å². The lowest BCUT2D eigenvalue weighted by atomic mass is 10.1. The van der Waals surface area contributed by atoms with E-state index in [4.69, 9.17) is 19.2 Å². The van der Waals surface area contributed by atoms with Gasteiger partial charge in [0.1, 0.15) is 0 Å². The van der Waals surface area contributed by atoms with Gasteiger partial charge in [-0.1, -0.05) is 71.6 Å². The van der Waals surface area contributed by atoms with Crippen molar-refractivity contribution in [3.63, 3.8) is 0 Å². The molecule has 0 aliphatic carbocycles. The van der Waals surface area contributed by atoms with Crippen molar-refractivity contribution in [2.24, 2.45) is 0 Å². The Kier molecular flexibility index (Phi) is 19.1. The molecule has 0 saturated carbocycles. The quantitative estimate of drug-likeness (QED) is 0.246. The highest BCUT2D eigenvalue weighted by molar-refractivity contribution is 7.40. The Bertz CT molecular complexity index is 321. The van der Waals surface area contributed by atoms with Crippen LogP contribution in [0.3, 0.4) is 0 Å². The van der Waals surface area contributed by atoms with Gasteiger partial charge >= 0.3 is 2.85 Å². The van der Waals surface area contributed by atoms with Gasteiger partial charge in [-0.3, -0.25) is 0 Å². The van der Waals surface area contributed by atoms with Crippen molar-refractivity contribution in [3.05, 3.63) is 0 Å². The van der Waals surface area contributed by atoms with Crippen molar-refractivity contribution in [2.75, 3.05) is 27.2 Å². The van der Waals surface area contributed by atoms with E-state index < -0.39 is 7.82 Å². The fourth-order valence-electron chi connectivity index (χ4n) is 2.93. The molecule has 0 aromatic heterocycles. The van der Waals surface area contributed by atoms with Crippen molar-refractivity contribution in [3.8, 4) is 0 Å². The van der Waals surface area contributed by atoms with Crippen molar-refractivity contribution >= 4 is 7.82 Å². The molecule has 0 atom stereocenters. The molecular formula is C19H44NO4P. The van der Waals surface area contributed by atoms with E-state index in [0.29, 0.717) is 0 Å². The summed E-state index contributed by atoms with van der Waals surface area (Å²) in [5.74, 6) is 0. The van der Waals surface area contributed by atoms with E-state index in [0.717, 1.165) is 0 Å². The van der Waals surface area contributed by atoms with Gasteiger partial charge in [0.2, 0.25) is 0 Å². The molecule has 0 heterocycles. The van der Waals surface area contributed by atoms with Crippen LogP contribution in [-0.2, 0) is 4.57 Å². The van der Waals surface area contributed by atoms with E-state index in [2.05, 4.69) is 27.9 Å². The second-order valence-corrected chi connectivity index (χ2v) is 8.61. The molecule has 0 aliphatic rings. The molecule has 0 bridgehead atoms. The Labute approximate surface area is 159 Å². The zero-order valence-electron chi connectivity index (χ0n) is 19.1. The number of hydrogen-bond donors (Lipinski definition) is 0. The van der Waals surface area contributed by atoms with Gasteiger partial charge in [-0.25, -0.2) is 0 Å². The average molecular weight is 382 g/mol. The molecule has 0 saturated heterocycles. The minimum Gasteiger partial charge on any atom is -0.822 e. The van der Waals surface area contributed by atoms with Crippen molar-refractivity contribution in [2.45, 2.75) is 97.3 Å². The first-order valence-corrected chi connectivity index (χ1v) is 11.6. The Morgan fingerprint density at radius 3 is 1.16 bits per heavy atom. The van der Waals surface area contributed by atoms with Crippen LogP contribution in [0.5, 0.6) is 0 Å².